The van der Waals surface area contributed by atoms with E-state index in [-0.39, 0.29) is 24.2 Å². The van der Waals surface area contributed by atoms with Gasteiger partial charge in [-0.15, -0.1) is 0 Å². The Morgan fingerprint density at radius 3 is 2.26 bits per heavy atom. The number of carbonyl (C=O) groups excluding carboxylic acids is 1. The van der Waals surface area contributed by atoms with E-state index in [0.717, 1.165) is 0 Å². The number of Topliss-reactive ketones (excluding diaryl/α,β-unsaturated/α-hetero) is 1. The van der Waals surface area contributed by atoms with Gasteiger partial charge < -0.3 is 24.1 Å². The molecule has 2 aromatic rings. The van der Waals surface area contributed by atoms with Gasteiger partial charge in [0, 0.05) is 29.9 Å². The quantitative estimate of drug-likeness (QED) is 0.693. The second-order valence-electron chi connectivity index (χ2n) is 11.1. The first-order valence-corrected chi connectivity index (χ1v) is 11.8. The van der Waals surface area contributed by atoms with Crippen molar-refractivity contribution in [3.63, 3.8) is 0 Å². The zero-order valence-corrected chi connectivity index (χ0v) is 20.4. The zero-order chi connectivity index (χ0) is 24.7. The number of fused-ring (bicyclic) bond motifs is 4. The van der Waals surface area contributed by atoms with Crippen molar-refractivity contribution in [2.45, 2.75) is 76.6 Å². The van der Waals surface area contributed by atoms with Crippen molar-refractivity contribution in [2.75, 3.05) is 7.11 Å². The number of hydrogen-bond acceptors (Lipinski definition) is 7. The van der Waals surface area contributed by atoms with Crippen LogP contribution in [-0.4, -0.2) is 39.9 Å². The van der Waals surface area contributed by atoms with Crippen molar-refractivity contribution in [3.05, 3.63) is 46.3 Å². The monoisotopic (exact) mass is 468 g/mol. The van der Waals surface area contributed by atoms with E-state index in [9.17, 15) is 19.8 Å². The lowest BCUT2D eigenvalue weighted by Gasteiger charge is -2.69. The van der Waals surface area contributed by atoms with Crippen LogP contribution in [0.25, 0.3) is 11.3 Å². The van der Waals surface area contributed by atoms with Gasteiger partial charge in [0.2, 0.25) is 0 Å². The van der Waals surface area contributed by atoms with Crippen LogP contribution in [0, 0.1) is 10.8 Å². The second-order valence-corrected chi connectivity index (χ2v) is 11.1. The predicted octanol–water partition coefficient (Wildman–Crippen LogP) is 3.66. The molecule has 4 atom stereocenters. The van der Waals surface area contributed by atoms with E-state index in [1.165, 1.54) is 0 Å². The third-order valence-corrected chi connectivity index (χ3v) is 9.40. The van der Waals surface area contributed by atoms with Crippen molar-refractivity contribution in [2.24, 2.45) is 10.8 Å². The summed E-state index contributed by atoms with van der Waals surface area (Å²) < 4.78 is 17.3. The molecule has 34 heavy (non-hydrogen) atoms. The normalized spacial score (nSPS) is 36.0. The Bertz CT molecular complexity index is 1230. The molecule has 2 saturated carbocycles. The largest absolute Gasteiger partial charge is 0.497 e. The second kappa shape index (κ2) is 6.95. The van der Waals surface area contributed by atoms with Crippen molar-refractivity contribution < 1.29 is 28.9 Å². The Labute approximate surface area is 198 Å². The van der Waals surface area contributed by atoms with Crippen LogP contribution in [0.5, 0.6) is 11.5 Å². The summed E-state index contributed by atoms with van der Waals surface area (Å²) in [6.07, 6.45) is 1.19. The summed E-state index contributed by atoms with van der Waals surface area (Å²) in [7, 11) is 1.58. The average Bonchev–Trinajstić information content (AvgIpc) is 2.80. The molecule has 1 aromatic heterocycles. The highest BCUT2D eigenvalue weighted by molar-refractivity contribution is 5.87. The molecule has 0 radical (unpaired) electrons. The summed E-state index contributed by atoms with van der Waals surface area (Å²) in [6.45, 7) is 7.18. The molecule has 7 heteroatoms. The first-order valence-electron chi connectivity index (χ1n) is 11.8. The Kier molecular flexibility index (Phi) is 4.73. The fraction of sp³-hybridized carbons (Fsp3) is 0.556. The van der Waals surface area contributed by atoms with Crippen LogP contribution in [0.4, 0.5) is 0 Å². The highest BCUT2D eigenvalue weighted by Crippen LogP contribution is 2.67. The van der Waals surface area contributed by atoms with Gasteiger partial charge in [0.05, 0.1) is 23.7 Å². The summed E-state index contributed by atoms with van der Waals surface area (Å²) in [4.78, 5) is 25.9. The van der Waals surface area contributed by atoms with Gasteiger partial charge >= 0.3 is 5.63 Å². The van der Waals surface area contributed by atoms with Crippen molar-refractivity contribution >= 4 is 5.78 Å². The van der Waals surface area contributed by atoms with Crippen LogP contribution in [0.3, 0.4) is 0 Å². The summed E-state index contributed by atoms with van der Waals surface area (Å²) in [6, 6.07) is 8.86. The molecule has 2 fully saturated rings. The van der Waals surface area contributed by atoms with Crippen LogP contribution < -0.4 is 15.1 Å². The molecule has 2 heterocycles. The minimum absolute atomic E-state index is 0.0135. The first kappa shape index (κ1) is 23.1. The molecule has 0 spiro atoms. The number of rotatable bonds is 2. The van der Waals surface area contributed by atoms with Crippen LogP contribution in [-0.2, 0) is 11.2 Å². The van der Waals surface area contributed by atoms with E-state index in [0.29, 0.717) is 42.1 Å². The molecule has 0 unspecified atom stereocenters. The van der Waals surface area contributed by atoms with Gasteiger partial charge in [0.15, 0.2) is 0 Å². The maximum Gasteiger partial charge on any atom is 0.343 e. The first-order chi connectivity index (χ1) is 15.8. The molecule has 182 valence electrons. The molecule has 5 rings (SSSR count). The number of aliphatic hydroxyl groups is 2. The highest BCUT2D eigenvalue weighted by Gasteiger charge is 2.76. The molecule has 2 N–H and O–H groups in total. The van der Waals surface area contributed by atoms with Crippen molar-refractivity contribution in [1.82, 2.24) is 0 Å². The van der Waals surface area contributed by atoms with Crippen LogP contribution in [0.2, 0.25) is 0 Å². The predicted molar refractivity (Wildman–Crippen MR) is 125 cm³/mol. The van der Waals surface area contributed by atoms with E-state index in [1.54, 1.807) is 51.3 Å². The lowest BCUT2D eigenvalue weighted by Crippen LogP contribution is -2.81. The van der Waals surface area contributed by atoms with Crippen LogP contribution >= 0.6 is 0 Å². The van der Waals surface area contributed by atoms with E-state index in [1.807, 2.05) is 13.8 Å². The van der Waals surface area contributed by atoms with Crippen molar-refractivity contribution in [1.29, 1.82) is 0 Å². The average molecular weight is 469 g/mol. The van der Waals surface area contributed by atoms with Crippen molar-refractivity contribution in [3.8, 4) is 22.8 Å². The number of ether oxygens (including phenoxy) is 2. The smallest absolute Gasteiger partial charge is 0.343 e. The Morgan fingerprint density at radius 2 is 1.62 bits per heavy atom. The Balaban J connectivity index is 1.62. The summed E-state index contributed by atoms with van der Waals surface area (Å²) in [5.74, 6) is 1.42. The Hall–Kier alpha value is -2.64. The molecule has 0 saturated heterocycles. The standard InChI is InChI=1S/C27H32O7/c1-23(2)21(28)10-11-24(3)26(23,30)13-12-25(4)27(24,31)15-18-20(34-25)14-19(33-22(18)29)16-6-8-17(32-5)9-7-16/h6-9,14,30-31H,10-13,15H2,1-5H3/t24-,25+,26-,27-/m0/s1. The van der Waals surface area contributed by atoms with E-state index in [4.69, 9.17) is 13.9 Å². The van der Waals surface area contributed by atoms with Crippen LogP contribution in [0.15, 0.2) is 39.5 Å². The molecule has 3 aliphatic rings. The molecule has 0 amide bonds. The highest BCUT2D eigenvalue weighted by atomic mass is 16.5. The van der Waals surface area contributed by atoms with Gasteiger partial charge in [0.1, 0.15) is 34.2 Å². The van der Waals surface area contributed by atoms with E-state index in [2.05, 4.69) is 0 Å². The molecule has 7 nitrogen and oxygen atoms in total. The van der Waals surface area contributed by atoms with E-state index >= 15 is 0 Å². The summed E-state index contributed by atoms with van der Waals surface area (Å²) >= 11 is 0. The third kappa shape index (κ3) is 2.65. The lowest BCUT2D eigenvalue weighted by atomic mass is 9.40. The van der Waals surface area contributed by atoms with Crippen LogP contribution in [0.1, 0.15) is 58.9 Å². The lowest BCUT2D eigenvalue weighted by molar-refractivity contribution is -0.318. The van der Waals surface area contributed by atoms with E-state index < -0.39 is 33.3 Å². The fourth-order valence-electron chi connectivity index (χ4n) is 6.81. The summed E-state index contributed by atoms with van der Waals surface area (Å²) in [5, 5.41) is 24.3. The number of ketones is 1. The maximum atomic E-state index is 13.1. The molecular formula is C27H32O7. The molecule has 0 bridgehead atoms. The van der Waals surface area contributed by atoms with Gasteiger partial charge in [-0.1, -0.05) is 20.8 Å². The SMILES string of the molecule is COc1ccc(-c2cc3c(c(=O)o2)C[C@]2(O)[C@@]4(C)CCC(=O)C(C)(C)[C@@]4(O)CC[C@@]2(C)O3)cc1. The minimum atomic E-state index is -1.58. The van der Waals surface area contributed by atoms with Gasteiger partial charge in [-0.2, -0.15) is 0 Å². The number of hydrogen-bond donors (Lipinski definition) is 2. The molecule has 1 aromatic carbocycles. The van der Waals surface area contributed by atoms with Gasteiger partial charge in [-0.3, -0.25) is 4.79 Å². The third-order valence-electron chi connectivity index (χ3n) is 9.40. The number of benzene rings is 1. The van der Waals surface area contributed by atoms with Gasteiger partial charge in [0.25, 0.3) is 0 Å². The molecular weight excluding hydrogens is 436 g/mol. The maximum absolute atomic E-state index is 13.1. The topological polar surface area (TPSA) is 106 Å². The minimum Gasteiger partial charge on any atom is -0.497 e. The van der Waals surface area contributed by atoms with Gasteiger partial charge in [-0.05, 0) is 50.5 Å². The fourth-order valence-corrected chi connectivity index (χ4v) is 6.81. The number of carbonyl (C=O) groups is 1. The molecule has 1 aliphatic heterocycles. The summed E-state index contributed by atoms with van der Waals surface area (Å²) in [5.41, 5.74) is -5.79. The zero-order valence-electron chi connectivity index (χ0n) is 20.4. The Morgan fingerprint density at radius 1 is 0.941 bits per heavy atom. The number of methoxy groups -OCH3 is 1. The molecule has 2 aliphatic carbocycles. The van der Waals surface area contributed by atoms with Gasteiger partial charge in [-0.25, -0.2) is 4.79 Å².